The van der Waals surface area contributed by atoms with Crippen molar-refractivity contribution in [2.24, 2.45) is 0 Å². The van der Waals surface area contributed by atoms with Crippen molar-refractivity contribution in [2.75, 3.05) is 12.4 Å². The molecule has 1 N–H and O–H groups in total. The third kappa shape index (κ3) is 3.29. The average Bonchev–Trinajstić information content (AvgIpc) is 2.39. The van der Waals surface area contributed by atoms with E-state index >= 15 is 0 Å². The Balaban J connectivity index is 2.30. The zero-order chi connectivity index (χ0) is 14.7. The zero-order valence-electron chi connectivity index (χ0n) is 10.4. The number of hydrogen-bond acceptors (Lipinski definition) is 2. The number of amides is 1. The molecule has 2 aromatic rings. The predicted molar refractivity (Wildman–Crippen MR) is 80.1 cm³/mol. The van der Waals surface area contributed by atoms with E-state index < -0.39 is 5.82 Å². The molecule has 0 aliphatic rings. The molecule has 2 aromatic carbocycles. The number of methoxy groups -OCH3 is 1. The number of anilines is 1. The van der Waals surface area contributed by atoms with Crippen molar-refractivity contribution in [3.63, 3.8) is 0 Å². The van der Waals surface area contributed by atoms with E-state index in [0.717, 1.165) is 0 Å². The number of benzene rings is 2. The van der Waals surface area contributed by atoms with Gasteiger partial charge in [-0.15, -0.1) is 0 Å². The van der Waals surface area contributed by atoms with Crippen LogP contribution in [0.1, 0.15) is 10.4 Å². The third-order valence-electron chi connectivity index (χ3n) is 2.57. The fourth-order valence-electron chi connectivity index (χ4n) is 1.66. The van der Waals surface area contributed by atoms with Gasteiger partial charge in [0, 0.05) is 10.6 Å². The van der Waals surface area contributed by atoms with Crippen LogP contribution in [0.5, 0.6) is 5.75 Å². The Morgan fingerprint density at radius 3 is 2.55 bits per heavy atom. The molecule has 0 atom stereocenters. The highest BCUT2D eigenvalue weighted by molar-refractivity contribution is 9.10. The predicted octanol–water partition coefficient (Wildman–Crippen LogP) is 4.50. The lowest BCUT2D eigenvalue weighted by Crippen LogP contribution is -2.12. The van der Waals surface area contributed by atoms with Crippen LogP contribution in [0.3, 0.4) is 0 Å². The maximum atomic E-state index is 12.8. The Labute approximate surface area is 128 Å². The third-order valence-corrected chi connectivity index (χ3v) is 3.37. The second kappa shape index (κ2) is 6.24. The monoisotopic (exact) mass is 357 g/mol. The van der Waals surface area contributed by atoms with Crippen molar-refractivity contribution in [2.45, 2.75) is 0 Å². The van der Waals surface area contributed by atoms with Gasteiger partial charge in [0.15, 0.2) is 5.75 Å². The van der Waals surface area contributed by atoms with E-state index in [1.165, 1.54) is 31.4 Å². The van der Waals surface area contributed by atoms with Gasteiger partial charge in [0.1, 0.15) is 5.82 Å². The lowest BCUT2D eigenvalue weighted by Gasteiger charge is -2.12. The first-order chi connectivity index (χ1) is 9.51. The van der Waals surface area contributed by atoms with Crippen molar-refractivity contribution in [1.82, 2.24) is 0 Å². The Morgan fingerprint density at radius 1 is 1.30 bits per heavy atom. The van der Waals surface area contributed by atoms with Gasteiger partial charge in [-0.3, -0.25) is 4.79 Å². The second-order valence-electron chi connectivity index (χ2n) is 3.93. The van der Waals surface area contributed by atoms with Gasteiger partial charge in [-0.1, -0.05) is 11.6 Å². The first-order valence-corrected chi connectivity index (χ1v) is 6.78. The summed E-state index contributed by atoms with van der Waals surface area (Å²) >= 11 is 9.25. The lowest BCUT2D eigenvalue weighted by molar-refractivity contribution is 0.102. The van der Waals surface area contributed by atoms with Crippen LogP contribution in [0.15, 0.2) is 40.9 Å². The Hall–Kier alpha value is -1.59. The van der Waals surface area contributed by atoms with Crippen molar-refractivity contribution >= 4 is 39.1 Å². The SMILES string of the molecule is COc1c(Br)cc(Cl)cc1NC(=O)c1ccc(F)cc1. The molecule has 0 spiro atoms. The summed E-state index contributed by atoms with van der Waals surface area (Å²) in [5.41, 5.74) is 0.769. The van der Waals surface area contributed by atoms with Gasteiger partial charge in [0.25, 0.3) is 5.91 Å². The van der Waals surface area contributed by atoms with Crippen LogP contribution < -0.4 is 10.1 Å². The van der Waals surface area contributed by atoms with Crippen molar-refractivity contribution in [3.8, 4) is 5.75 Å². The van der Waals surface area contributed by atoms with Crippen molar-refractivity contribution < 1.29 is 13.9 Å². The lowest BCUT2D eigenvalue weighted by atomic mass is 10.2. The molecule has 0 saturated heterocycles. The van der Waals surface area contributed by atoms with Crippen LogP contribution in [0.2, 0.25) is 5.02 Å². The Bertz CT molecular complexity index is 646. The number of hydrogen-bond donors (Lipinski definition) is 1. The minimum Gasteiger partial charge on any atom is -0.493 e. The van der Waals surface area contributed by atoms with Gasteiger partial charge in [-0.25, -0.2) is 4.39 Å². The summed E-state index contributed by atoms with van der Waals surface area (Å²) in [4.78, 5) is 12.1. The van der Waals surface area contributed by atoms with Gasteiger partial charge in [0.2, 0.25) is 0 Å². The van der Waals surface area contributed by atoms with Crippen molar-refractivity contribution in [1.29, 1.82) is 0 Å². The van der Waals surface area contributed by atoms with Crippen LogP contribution in [-0.2, 0) is 0 Å². The van der Waals surface area contributed by atoms with Crippen LogP contribution in [-0.4, -0.2) is 13.0 Å². The van der Waals surface area contributed by atoms with E-state index in [1.54, 1.807) is 12.1 Å². The number of rotatable bonds is 3. The number of carbonyl (C=O) groups is 1. The van der Waals surface area contributed by atoms with E-state index in [-0.39, 0.29) is 5.91 Å². The molecule has 0 fully saturated rings. The number of carbonyl (C=O) groups excluding carboxylic acids is 1. The summed E-state index contributed by atoms with van der Waals surface area (Å²) in [7, 11) is 1.49. The first-order valence-electron chi connectivity index (χ1n) is 5.61. The van der Waals surface area contributed by atoms with Gasteiger partial charge in [0.05, 0.1) is 17.3 Å². The number of halogens is 3. The molecule has 104 valence electrons. The van der Waals surface area contributed by atoms with Gasteiger partial charge >= 0.3 is 0 Å². The molecule has 6 heteroatoms. The van der Waals surface area contributed by atoms with E-state index in [9.17, 15) is 9.18 Å². The standard InChI is InChI=1S/C14H10BrClFNO2/c1-20-13-11(15)6-9(16)7-12(13)18-14(19)8-2-4-10(17)5-3-8/h2-7H,1H3,(H,18,19). The van der Waals surface area contributed by atoms with Crippen LogP contribution in [0.25, 0.3) is 0 Å². The van der Waals surface area contributed by atoms with Crippen molar-refractivity contribution in [3.05, 3.63) is 57.3 Å². The molecule has 3 nitrogen and oxygen atoms in total. The van der Waals surface area contributed by atoms with E-state index in [1.807, 2.05) is 0 Å². The molecule has 20 heavy (non-hydrogen) atoms. The molecule has 0 aliphatic heterocycles. The molecule has 0 unspecified atom stereocenters. The summed E-state index contributed by atoms with van der Waals surface area (Å²) in [6, 6.07) is 8.48. The minimum absolute atomic E-state index is 0.338. The first kappa shape index (κ1) is 14.8. The Kier molecular flexibility index (Phi) is 4.62. The molecule has 1 amide bonds. The van der Waals surface area contributed by atoms with Gasteiger partial charge in [-0.2, -0.15) is 0 Å². The highest BCUT2D eigenvalue weighted by atomic mass is 79.9. The number of ether oxygens (including phenoxy) is 1. The largest absolute Gasteiger partial charge is 0.493 e. The average molecular weight is 359 g/mol. The molecule has 0 radical (unpaired) electrons. The quantitative estimate of drug-likeness (QED) is 0.877. The molecule has 0 saturated carbocycles. The minimum atomic E-state index is -0.398. The maximum absolute atomic E-state index is 12.8. The highest BCUT2D eigenvalue weighted by Gasteiger charge is 2.13. The molecule has 2 rings (SSSR count). The van der Waals surface area contributed by atoms with Crippen LogP contribution in [0.4, 0.5) is 10.1 Å². The summed E-state index contributed by atoms with van der Waals surface area (Å²) in [6.07, 6.45) is 0. The second-order valence-corrected chi connectivity index (χ2v) is 5.22. The summed E-state index contributed by atoms with van der Waals surface area (Å²) in [5.74, 6) is -0.313. The molecular formula is C14H10BrClFNO2. The van der Waals surface area contributed by atoms with Crippen LogP contribution in [0, 0.1) is 5.82 Å². The molecule has 0 heterocycles. The number of nitrogens with one attached hydrogen (secondary N) is 1. The maximum Gasteiger partial charge on any atom is 0.255 e. The summed E-state index contributed by atoms with van der Waals surface area (Å²) in [5, 5.41) is 3.13. The molecular weight excluding hydrogens is 349 g/mol. The summed E-state index contributed by atoms with van der Waals surface area (Å²) < 4.78 is 18.7. The highest BCUT2D eigenvalue weighted by Crippen LogP contribution is 2.36. The topological polar surface area (TPSA) is 38.3 Å². The van der Waals surface area contributed by atoms with Gasteiger partial charge < -0.3 is 10.1 Å². The molecule has 0 aliphatic carbocycles. The normalized spacial score (nSPS) is 10.2. The van der Waals surface area contributed by atoms with E-state index in [0.29, 0.717) is 26.5 Å². The molecule has 0 aromatic heterocycles. The van der Waals surface area contributed by atoms with E-state index in [4.69, 9.17) is 16.3 Å². The molecule has 0 bridgehead atoms. The summed E-state index contributed by atoms with van der Waals surface area (Å²) in [6.45, 7) is 0. The zero-order valence-corrected chi connectivity index (χ0v) is 12.8. The fraction of sp³-hybridized carbons (Fsp3) is 0.0714. The van der Waals surface area contributed by atoms with Crippen LogP contribution >= 0.6 is 27.5 Å². The fourth-order valence-corrected chi connectivity index (χ4v) is 2.63. The smallest absolute Gasteiger partial charge is 0.255 e. The van der Waals surface area contributed by atoms with E-state index in [2.05, 4.69) is 21.2 Å². The van der Waals surface area contributed by atoms with Gasteiger partial charge in [-0.05, 0) is 52.3 Å². The Morgan fingerprint density at radius 2 is 1.95 bits per heavy atom.